The van der Waals surface area contributed by atoms with Crippen molar-refractivity contribution in [2.45, 2.75) is 31.0 Å². The highest BCUT2D eigenvalue weighted by Crippen LogP contribution is 2.23. The van der Waals surface area contributed by atoms with Crippen LogP contribution in [0.3, 0.4) is 0 Å². The molecular formula is C26H26N4OS. The van der Waals surface area contributed by atoms with Crippen LogP contribution in [0.2, 0.25) is 0 Å². The molecule has 32 heavy (non-hydrogen) atoms. The zero-order valence-electron chi connectivity index (χ0n) is 17.9. The van der Waals surface area contributed by atoms with E-state index in [0.717, 1.165) is 35.1 Å². The third-order valence-corrected chi connectivity index (χ3v) is 6.02. The van der Waals surface area contributed by atoms with E-state index in [-0.39, 0.29) is 5.91 Å². The highest BCUT2D eigenvalue weighted by Gasteiger charge is 2.15. The zero-order chi connectivity index (χ0) is 22.0. The Balaban J connectivity index is 1.38. The van der Waals surface area contributed by atoms with E-state index in [1.54, 1.807) is 11.8 Å². The fourth-order valence-corrected chi connectivity index (χ4v) is 4.32. The third kappa shape index (κ3) is 6.08. The van der Waals surface area contributed by atoms with E-state index in [1.807, 2.05) is 54.6 Å². The van der Waals surface area contributed by atoms with E-state index in [0.29, 0.717) is 18.7 Å². The molecule has 0 bridgehead atoms. The second-order valence-electron chi connectivity index (χ2n) is 7.42. The van der Waals surface area contributed by atoms with Crippen LogP contribution in [0.5, 0.6) is 0 Å². The van der Waals surface area contributed by atoms with E-state index in [2.05, 4.69) is 56.5 Å². The standard InChI is InChI=1S/C26H26N4OS/c31-25(27-20-22-12-6-2-7-13-22)18-19-32-26-29-28-24(17-16-21-10-4-1-5-11-21)30(26)23-14-8-3-9-15-23/h1-15H,16-20H2,(H,27,31). The molecule has 0 atom stereocenters. The molecule has 162 valence electrons. The minimum atomic E-state index is 0.0384. The number of thioether (sulfide) groups is 1. The summed E-state index contributed by atoms with van der Waals surface area (Å²) in [5.74, 6) is 1.61. The number of aryl methyl sites for hydroxylation is 2. The van der Waals surface area contributed by atoms with Gasteiger partial charge in [0, 0.05) is 30.8 Å². The van der Waals surface area contributed by atoms with Crippen molar-refractivity contribution in [1.82, 2.24) is 20.1 Å². The number of nitrogens with one attached hydrogen (secondary N) is 1. The van der Waals surface area contributed by atoms with Crippen LogP contribution in [0, 0.1) is 0 Å². The summed E-state index contributed by atoms with van der Waals surface area (Å²) in [6.07, 6.45) is 2.13. The zero-order valence-corrected chi connectivity index (χ0v) is 18.7. The van der Waals surface area contributed by atoms with Crippen molar-refractivity contribution in [2.24, 2.45) is 0 Å². The molecule has 0 aliphatic rings. The molecule has 0 saturated heterocycles. The molecule has 0 aliphatic carbocycles. The van der Waals surface area contributed by atoms with E-state index in [1.165, 1.54) is 5.56 Å². The molecule has 5 nitrogen and oxygen atoms in total. The quantitative estimate of drug-likeness (QED) is 0.357. The van der Waals surface area contributed by atoms with Crippen LogP contribution < -0.4 is 5.32 Å². The summed E-state index contributed by atoms with van der Waals surface area (Å²) in [6, 6.07) is 30.5. The normalized spacial score (nSPS) is 10.8. The SMILES string of the molecule is O=C(CCSc1nnc(CCc2ccccc2)n1-c1ccccc1)NCc1ccccc1. The van der Waals surface area contributed by atoms with Crippen molar-refractivity contribution in [2.75, 3.05) is 5.75 Å². The van der Waals surface area contributed by atoms with Gasteiger partial charge < -0.3 is 5.32 Å². The lowest BCUT2D eigenvalue weighted by atomic mass is 10.1. The van der Waals surface area contributed by atoms with Gasteiger partial charge in [0.15, 0.2) is 5.16 Å². The summed E-state index contributed by atoms with van der Waals surface area (Å²) in [6.45, 7) is 0.550. The molecule has 6 heteroatoms. The fourth-order valence-electron chi connectivity index (χ4n) is 3.41. The summed E-state index contributed by atoms with van der Waals surface area (Å²) < 4.78 is 2.11. The van der Waals surface area contributed by atoms with Gasteiger partial charge in [-0.15, -0.1) is 10.2 Å². The van der Waals surface area contributed by atoms with Crippen LogP contribution in [0.4, 0.5) is 0 Å². The summed E-state index contributed by atoms with van der Waals surface area (Å²) in [5, 5.41) is 12.7. The summed E-state index contributed by atoms with van der Waals surface area (Å²) in [4.78, 5) is 12.3. The Labute approximate surface area is 192 Å². The lowest BCUT2D eigenvalue weighted by molar-refractivity contribution is -0.120. The van der Waals surface area contributed by atoms with E-state index in [4.69, 9.17) is 0 Å². The van der Waals surface area contributed by atoms with Gasteiger partial charge in [-0.25, -0.2) is 0 Å². The Kier molecular flexibility index (Phi) is 7.71. The van der Waals surface area contributed by atoms with Gasteiger partial charge in [0.25, 0.3) is 0 Å². The minimum absolute atomic E-state index is 0.0384. The lowest BCUT2D eigenvalue weighted by Gasteiger charge is -2.10. The second-order valence-corrected chi connectivity index (χ2v) is 8.48. The number of hydrogen-bond donors (Lipinski definition) is 1. The number of carbonyl (C=O) groups is 1. The maximum absolute atomic E-state index is 12.3. The molecule has 0 unspecified atom stereocenters. The molecule has 1 aromatic heterocycles. The molecular weight excluding hydrogens is 416 g/mol. The van der Waals surface area contributed by atoms with Gasteiger partial charge in [0.1, 0.15) is 5.82 Å². The van der Waals surface area contributed by atoms with Gasteiger partial charge in [-0.2, -0.15) is 0 Å². The van der Waals surface area contributed by atoms with Crippen LogP contribution in [0.25, 0.3) is 5.69 Å². The van der Waals surface area contributed by atoms with Crippen molar-refractivity contribution in [1.29, 1.82) is 0 Å². The van der Waals surface area contributed by atoms with Gasteiger partial charge in [-0.3, -0.25) is 9.36 Å². The molecule has 0 radical (unpaired) electrons. The largest absolute Gasteiger partial charge is 0.352 e. The lowest BCUT2D eigenvalue weighted by Crippen LogP contribution is -2.23. The molecule has 0 aliphatic heterocycles. The van der Waals surface area contributed by atoms with Gasteiger partial charge >= 0.3 is 0 Å². The molecule has 1 N–H and O–H groups in total. The number of nitrogens with zero attached hydrogens (tertiary/aromatic N) is 3. The highest BCUT2D eigenvalue weighted by atomic mass is 32.2. The van der Waals surface area contributed by atoms with Gasteiger partial charge in [0.2, 0.25) is 5.91 Å². The predicted molar refractivity (Wildman–Crippen MR) is 129 cm³/mol. The minimum Gasteiger partial charge on any atom is -0.352 e. The molecule has 0 fully saturated rings. The highest BCUT2D eigenvalue weighted by molar-refractivity contribution is 7.99. The van der Waals surface area contributed by atoms with Crippen LogP contribution in [-0.4, -0.2) is 26.4 Å². The number of rotatable bonds is 10. The molecule has 1 heterocycles. The Morgan fingerprint density at radius 3 is 2.09 bits per heavy atom. The van der Waals surface area contributed by atoms with Crippen LogP contribution >= 0.6 is 11.8 Å². The average Bonchev–Trinajstić information content (AvgIpc) is 3.26. The molecule has 1 amide bonds. The van der Waals surface area contributed by atoms with Crippen LogP contribution in [0.15, 0.2) is 96.2 Å². The Bertz CT molecular complexity index is 1110. The van der Waals surface area contributed by atoms with Crippen molar-refractivity contribution in [3.63, 3.8) is 0 Å². The third-order valence-electron chi connectivity index (χ3n) is 5.09. The topological polar surface area (TPSA) is 59.8 Å². The summed E-state index contributed by atoms with van der Waals surface area (Å²) in [5.41, 5.74) is 3.41. The second kappa shape index (κ2) is 11.3. The first-order chi connectivity index (χ1) is 15.8. The van der Waals surface area contributed by atoms with E-state index in [9.17, 15) is 4.79 Å². The van der Waals surface area contributed by atoms with Crippen LogP contribution in [-0.2, 0) is 24.2 Å². The first-order valence-electron chi connectivity index (χ1n) is 10.8. The van der Waals surface area contributed by atoms with Crippen molar-refractivity contribution in [3.8, 4) is 5.69 Å². The average molecular weight is 443 g/mol. The molecule has 0 spiro atoms. The first-order valence-corrected chi connectivity index (χ1v) is 11.8. The first kappa shape index (κ1) is 21.8. The molecule has 4 rings (SSSR count). The number of amides is 1. The van der Waals surface area contributed by atoms with Gasteiger partial charge in [-0.05, 0) is 29.7 Å². The number of carbonyl (C=O) groups excluding carboxylic acids is 1. The molecule has 4 aromatic rings. The molecule has 3 aromatic carbocycles. The van der Waals surface area contributed by atoms with Crippen molar-refractivity contribution < 1.29 is 4.79 Å². The van der Waals surface area contributed by atoms with Gasteiger partial charge in [-0.1, -0.05) is 90.6 Å². The Morgan fingerprint density at radius 1 is 0.781 bits per heavy atom. The van der Waals surface area contributed by atoms with Gasteiger partial charge in [0.05, 0.1) is 0 Å². The number of benzene rings is 3. The monoisotopic (exact) mass is 442 g/mol. The van der Waals surface area contributed by atoms with Crippen molar-refractivity contribution >= 4 is 17.7 Å². The van der Waals surface area contributed by atoms with E-state index < -0.39 is 0 Å². The van der Waals surface area contributed by atoms with Crippen LogP contribution in [0.1, 0.15) is 23.4 Å². The number of hydrogen-bond acceptors (Lipinski definition) is 4. The smallest absolute Gasteiger partial charge is 0.221 e. The Hall–Kier alpha value is -3.38. The maximum atomic E-state index is 12.3. The molecule has 0 saturated carbocycles. The Morgan fingerprint density at radius 2 is 1.41 bits per heavy atom. The van der Waals surface area contributed by atoms with Crippen molar-refractivity contribution in [3.05, 3.63) is 108 Å². The van der Waals surface area contributed by atoms with E-state index >= 15 is 0 Å². The number of para-hydroxylation sites is 1. The number of aromatic nitrogens is 3. The maximum Gasteiger partial charge on any atom is 0.221 e. The predicted octanol–water partition coefficient (Wildman–Crippen LogP) is 4.85. The summed E-state index contributed by atoms with van der Waals surface area (Å²) >= 11 is 1.56. The summed E-state index contributed by atoms with van der Waals surface area (Å²) in [7, 11) is 0. The fraction of sp³-hybridized carbons (Fsp3) is 0.192.